The number of aromatic nitrogens is 1. The Kier molecular flexibility index (Phi) is 4.76. The van der Waals surface area contributed by atoms with E-state index in [2.05, 4.69) is 15.2 Å². The van der Waals surface area contributed by atoms with Gasteiger partial charge in [-0.25, -0.2) is 4.98 Å². The third kappa shape index (κ3) is 3.94. The molecule has 0 aliphatic carbocycles. The van der Waals surface area contributed by atoms with E-state index in [4.69, 9.17) is 11.6 Å². The number of amides is 1. The zero-order chi connectivity index (χ0) is 12.1. The lowest BCUT2D eigenvalue weighted by atomic mass is 10.3. The largest absolute Gasteiger partial charge is 0.355 e. The molecule has 0 radical (unpaired) electrons. The van der Waals surface area contributed by atoms with Gasteiger partial charge in [-0.3, -0.25) is 9.69 Å². The summed E-state index contributed by atoms with van der Waals surface area (Å²) in [5, 5.41) is 5.97. The summed E-state index contributed by atoms with van der Waals surface area (Å²) in [6.07, 6.45) is 1.92. The molecule has 1 amide bonds. The maximum absolute atomic E-state index is 11.4. The number of nitrogens with one attached hydrogen (secondary N) is 1. The molecule has 4 nitrogen and oxygen atoms in total. The van der Waals surface area contributed by atoms with Crippen LogP contribution in [0.25, 0.3) is 0 Å². The van der Waals surface area contributed by atoms with Crippen LogP contribution in [0, 0.1) is 0 Å². The molecule has 0 spiro atoms. The van der Waals surface area contributed by atoms with E-state index in [1.54, 1.807) is 11.3 Å². The van der Waals surface area contributed by atoms with E-state index in [0.29, 0.717) is 12.4 Å². The lowest BCUT2D eigenvalue weighted by Gasteiger charge is -2.17. The maximum Gasteiger partial charge on any atom is 0.234 e. The Balaban J connectivity index is 1.82. The molecule has 6 heteroatoms. The van der Waals surface area contributed by atoms with Gasteiger partial charge < -0.3 is 5.32 Å². The molecule has 0 saturated carbocycles. The van der Waals surface area contributed by atoms with E-state index in [1.165, 1.54) is 0 Å². The number of hydrogen-bond acceptors (Lipinski definition) is 4. The third-order valence-corrected chi connectivity index (χ3v) is 3.95. The van der Waals surface area contributed by atoms with E-state index in [9.17, 15) is 4.79 Å². The predicted molar refractivity (Wildman–Crippen MR) is 69.4 cm³/mol. The fourth-order valence-electron chi connectivity index (χ4n) is 1.84. The molecule has 1 saturated heterocycles. The van der Waals surface area contributed by atoms with E-state index in [1.807, 2.05) is 5.38 Å². The molecular formula is C11H16ClN3OS. The van der Waals surface area contributed by atoms with Crippen molar-refractivity contribution in [1.29, 1.82) is 0 Å². The van der Waals surface area contributed by atoms with Gasteiger partial charge in [0.25, 0.3) is 0 Å². The van der Waals surface area contributed by atoms with E-state index in [-0.39, 0.29) is 5.91 Å². The molecular weight excluding hydrogens is 258 g/mol. The number of halogens is 1. The number of alkyl halides is 1. The monoisotopic (exact) mass is 273 g/mol. The van der Waals surface area contributed by atoms with Crippen LogP contribution >= 0.6 is 22.9 Å². The van der Waals surface area contributed by atoms with Crippen molar-refractivity contribution in [3.8, 4) is 0 Å². The van der Waals surface area contributed by atoms with Crippen molar-refractivity contribution in [2.75, 3.05) is 26.2 Å². The minimum Gasteiger partial charge on any atom is -0.355 e. The van der Waals surface area contributed by atoms with Gasteiger partial charge in [-0.1, -0.05) is 0 Å². The van der Waals surface area contributed by atoms with Gasteiger partial charge in [0.1, 0.15) is 0 Å². The second kappa shape index (κ2) is 6.33. The highest BCUT2D eigenvalue weighted by molar-refractivity contribution is 7.09. The van der Waals surface area contributed by atoms with Crippen LogP contribution in [0.2, 0.25) is 0 Å². The minimum atomic E-state index is 0.128. The summed E-state index contributed by atoms with van der Waals surface area (Å²) in [4.78, 5) is 18.0. The summed E-state index contributed by atoms with van der Waals surface area (Å²) < 4.78 is 0. The second-order valence-electron chi connectivity index (χ2n) is 4.10. The van der Waals surface area contributed by atoms with Gasteiger partial charge in [-0.05, 0) is 6.42 Å². The average molecular weight is 274 g/mol. The average Bonchev–Trinajstić information content (AvgIpc) is 2.69. The number of carbonyl (C=O) groups excluding carboxylic acids is 1. The summed E-state index contributed by atoms with van der Waals surface area (Å²) in [6, 6.07) is 0. The van der Waals surface area contributed by atoms with Crippen molar-refractivity contribution < 1.29 is 4.79 Å². The van der Waals surface area contributed by atoms with Crippen LogP contribution in [0.15, 0.2) is 5.38 Å². The molecule has 0 unspecified atom stereocenters. The van der Waals surface area contributed by atoms with E-state index >= 15 is 0 Å². The first-order valence-electron chi connectivity index (χ1n) is 5.76. The van der Waals surface area contributed by atoms with Crippen molar-refractivity contribution in [2.45, 2.75) is 18.7 Å². The van der Waals surface area contributed by atoms with Crippen molar-refractivity contribution >= 4 is 28.8 Å². The molecule has 1 aromatic rings. The quantitative estimate of drug-likeness (QED) is 0.840. The van der Waals surface area contributed by atoms with Crippen LogP contribution in [0.5, 0.6) is 0 Å². The van der Waals surface area contributed by atoms with Crippen LogP contribution in [-0.2, 0) is 17.1 Å². The molecule has 1 aromatic heterocycles. The Morgan fingerprint density at radius 1 is 1.59 bits per heavy atom. The zero-order valence-corrected chi connectivity index (χ0v) is 11.2. The first-order chi connectivity index (χ1) is 8.28. The van der Waals surface area contributed by atoms with Gasteiger partial charge in [-0.2, -0.15) is 0 Å². The van der Waals surface area contributed by atoms with Crippen molar-refractivity contribution in [3.05, 3.63) is 16.1 Å². The van der Waals surface area contributed by atoms with Crippen molar-refractivity contribution in [2.24, 2.45) is 0 Å². The molecule has 0 atom stereocenters. The van der Waals surface area contributed by atoms with Crippen LogP contribution in [-0.4, -0.2) is 42.0 Å². The fraction of sp³-hybridized carbons (Fsp3) is 0.636. The van der Waals surface area contributed by atoms with Gasteiger partial charge in [-0.15, -0.1) is 22.9 Å². The number of hydrogen-bond donors (Lipinski definition) is 1. The second-order valence-corrected chi connectivity index (χ2v) is 5.31. The smallest absolute Gasteiger partial charge is 0.234 e. The third-order valence-electron chi connectivity index (χ3n) is 2.72. The molecule has 2 rings (SSSR count). The number of carbonyl (C=O) groups is 1. The van der Waals surface area contributed by atoms with Crippen LogP contribution < -0.4 is 5.32 Å². The molecule has 1 aliphatic rings. The normalized spacial score (nSPS) is 17.8. The van der Waals surface area contributed by atoms with Gasteiger partial charge in [0, 0.05) is 31.4 Å². The minimum absolute atomic E-state index is 0.128. The Labute approximate surface area is 110 Å². The van der Waals surface area contributed by atoms with Crippen molar-refractivity contribution in [1.82, 2.24) is 15.2 Å². The molecule has 1 N–H and O–H groups in total. The summed E-state index contributed by atoms with van der Waals surface area (Å²) in [5.74, 6) is 0.603. The Morgan fingerprint density at radius 3 is 3.24 bits per heavy atom. The van der Waals surface area contributed by atoms with Crippen molar-refractivity contribution in [3.63, 3.8) is 0 Å². The van der Waals surface area contributed by atoms with Crippen LogP contribution in [0.1, 0.15) is 17.1 Å². The van der Waals surface area contributed by atoms with Crippen LogP contribution in [0.4, 0.5) is 0 Å². The molecule has 1 aliphatic heterocycles. The Hall–Kier alpha value is -0.650. The SMILES string of the molecule is O=C1CN(CCc2nc(CCl)cs2)CCCN1. The highest BCUT2D eigenvalue weighted by atomic mass is 35.5. The highest BCUT2D eigenvalue weighted by Crippen LogP contribution is 2.12. The molecule has 94 valence electrons. The molecule has 0 bridgehead atoms. The van der Waals surface area contributed by atoms with E-state index < -0.39 is 0 Å². The number of thiazole rings is 1. The Morgan fingerprint density at radius 2 is 2.47 bits per heavy atom. The first kappa shape index (κ1) is 12.8. The highest BCUT2D eigenvalue weighted by Gasteiger charge is 2.14. The van der Waals surface area contributed by atoms with E-state index in [0.717, 1.165) is 43.2 Å². The summed E-state index contributed by atoms with van der Waals surface area (Å²) >= 11 is 7.36. The fourth-order valence-corrected chi connectivity index (χ4v) is 2.85. The summed E-state index contributed by atoms with van der Waals surface area (Å²) in [7, 11) is 0. The van der Waals surface area contributed by atoms with Gasteiger partial charge in [0.05, 0.1) is 23.1 Å². The van der Waals surface area contributed by atoms with Crippen LogP contribution in [0.3, 0.4) is 0 Å². The first-order valence-corrected chi connectivity index (χ1v) is 7.17. The number of rotatable bonds is 4. The molecule has 2 heterocycles. The molecule has 0 aromatic carbocycles. The predicted octanol–water partition coefficient (Wildman–Crippen LogP) is 1.25. The molecule has 1 fully saturated rings. The topological polar surface area (TPSA) is 45.2 Å². The standard InChI is InChI=1S/C11H16ClN3OS/c12-6-9-8-17-11(14-9)2-5-15-4-1-3-13-10(16)7-15/h8H,1-7H2,(H,13,16). The number of nitrogens with zero attached hydrogens (tertiary/aromatic N) is 2. The summed E-state index contributed by atoms with van der Waals surface area (Å²) in [6.45, 7) is 3.17. The lowest BCUT2D eigenvalue weighted by Crippen LogP contribution is -2.34. The summed E-state index contributed by atoms with van der Waals surface area (Å²) in [5.41, 5.74) is 0.945. The maximum atomic E-state index is 11.4. The lowest BCUT2D eigenvalue weighted by molar-refractivity contribution is -0.121. The Bertz CT molecular complexity index is 383. The molecule has 17 heavy (non-hydrogen) atoms. The zero-order valence-electron chi connectivity index (χ0n) is 9.62. The van der Waals surface area contributed by atoms with Gasteiger partial charge in [0.15, 0.2) is 0 Å². The van der Waals surface area contributed by atoms with Gasteiger partial charge >= 0.3 is 0 Å². The van der Waals surface area contributed by atoms with Gasteiger partial charge in [0.2, 0.25) is 5.91 Å².